The molecule has 4 rings (SSSR count). The van der Waals surface area contributed by atoms with E-state index in [1.807, 2.05) is 36.4 Å². The molecule has 0 radical (unpaired) electrons. The van der Waals surface area contributed by atoms with Crippen molar-refractivity contribution in [2.24, 2.45) is 10.7 Å². The maximum absolute atomic E-state index is 13.5. The van der Waals surface area contributed by atoms with Crippen LogP contribution in [0.2, 0.25) is 0 Å². The molecule has 0 saturated heterocycles. The predicted molar refractivity (Wildman–Crippen MR) is 115 cm³/mol. The molecular formula is C24H18F3N3O3. The predicted octanol–water partition coefficient (Wildman–Crippen LogP) is 3.85. The number of likely N-dealkylation sites (N-methyl/N-ethyl adjacent to an activating group) is 1. The minimum atomic E-state index is -5.22. The molecule has 33 heavy (non-hydrogen) atoms. The van der Waals surface area contributed by atoms with Crippen LogP contribution in [0.4, 0.5) is 13.2 Å². The summed E-state index contributed by atoms with van der Waals surface area (Å²) in [6, 6.07) is 21.7. The fourth-order valence-electron chi connectivity index (χ4n) is 3.73. The fraction of sp³-hybridized carbons (Fsp3) is 0.125. The van der Waals surface area contributed by atoms with Crippen molar-refractivity contribution in [1.82, 2.24) is 4.90 Å². The van der Waals surface area contributed by atoms with E-state index in [0.29, 0.717) is 5.56 Å². The summed E-state index contributed by atoms with van der Waals surface area (Å²) in [7, 11) is 1.41. The highest BCUT2D eigenvalue weighted by Crippen LogP contribution is 2.44. The van der Waals surface area contributed by atoms with Crippen LogP contribution >= 0.6 is 0 Å². The first-order chi connectivity index (χ1) is 15.6. The normalized spacial score (nSPS) is 18.2. The molecule has 1 amide bonds. The third-order valence-electron chi connectivity index (χ3n) is 5.34. The summed E-state index contributed by atoms with van der Waals surface area (Å²) in [5.74, 6) is -3.56. The molecule has 9 heteroatoms. The molecule has 3 aromatic carbocycles. The molecule has 0 saturated carbocycles. The van der Waals surface area contributed by atoms with Crippen LogP contribution in [-0.4, -0.2) is 36.0 Å². The molecule has 168 valence electrons. The maximum Gasteiger partial charge on any atom is 0.491 e. The van der Waals surface area contributed by atoms with Crippen molar-refractivity contribution in [2.75, 3.05) is 7.05 Å². The first-order valence-electron chi connectivity index (χ1n) is 9.82. The maximum atomic E-state index is 13.5. The number of benzene rings is 3. The van der Waals surface area contributed by atoms with E-state index in [-0.39, 0.29) is 11.5 Å². The van der Waals surface area contributed by atoms with E-state index in [9.17, 15) is 22.8 Å². The number of hydrogen-bond acceptors (Lipinski definition) is 5. The second kappa shape index (κ2) is 8.09. The Morgan fingerprint density at radius 2 is 1.61 bits per heavy atom. The molecule has 0 aliphatic carbocycles. The average molecular weight is 453 g/mol. The van der Waals surface area contributed by atoms with Gasteiger partial charge in [-0.05, 0) is 28.8 Å². The van der Waals surface area contributed by atoms with Gasteiger partial charge in [0.15, 0.2) is 11.5 Å². The van der Waals surface area contributed by atoms with Crippen LogP contribution in [0.1, 0.15) is 11.1 Å². The number of hydrogen-bond donors (Lipinski definition) is 1. The minimum Gasteiger partial charge on any atom is -0.419 e. The molecule has 1 aliphatic heterocycles. The van der Waals surface area contributed by atoms with Gasteiger partial charge in [-0.1, -0.05) is 66.7 Å². The Morgan fingerprint density at radius 1 is 0.970 bits per heavy atom. The van der Waals surface area contributed by atoms with Crippen molar-refractivity contribution in [2.45, 2.75) is 11.7 Å². The van der Waals surface area contributed by atoms with E-state index in [1.54, 1.807) is 18.2 Å². The number of para-hydroxylation sites is 1. The van der Waals surface area contributed by atoms with Crippen LogP contribution < -0.4 is 10.5 Å². The van der Waals surface area contributed by atoms with Crippen molar-refractivity contribution in [3.63, 3.8) is 0 Å². The standard InChI is InChI=1S/C24H18F3N3O3/c1-30-20(31)23(29-22(30)28,17-11-7-10-16(14-17)15-8-3-2-4-9-15)18-12-5-6-13-19(18)33-21(32)24(25,26)27/h2-14H,1H3,(H2,28,29). The van der Waals surface area contributed by atoms with Crippen LogP contribution in [-0.2, 0) is 15.1 Å². The lowest BCUT2D eigenvalue weighted by atomic mass is 9.81. The van der Waals surface area contributed by atoms with Gasteiger partial charge in [0, 0.05) is 12.6 Å². The number of amides is 1. The Labute approximate surface area is 187 Å². The Balaban J connectivity index is 1.93. The Kier molecular flexibility index (Phi) is 5.41. The minimum absolute atomic E-state index is 0.0369. The van der Waals surface area contributed by atoms with Gasteiger partial charge >= 0.3 is 12.1 Å². The number of ether oxygens (including phenoxy) is 1. The molecule has 3 aromatic rings. The van der Waals surface area contributed by atoms with Gasteiger partial charge in [0.25, 0.3) is 5.91 Å². The number of rotatable bonds is 4. The third-order valence-corrected chi connectivity index (χ3v) is 5.34. The van der Waals surface area contributed by atoms with E-state index < -0.39 is 29.3 Å². The average Bonchev–Trinajstić information content (AvgIpc) is 3.04. The summed E-state index contributed by atoms with van der Waals surface area (Å²) in [4.78, 5) is 30.6. The zero-order valence-corrected chi connectivity index (χ0v) is 17.3. The van der Waals surface area contributed by atoms with Gasteiger partial charge in [-0.15, -0.1) is 0 Å². The number of alkyl halides is 3. The summed E-state index contributed by atoms with van der Waals surface area (Å²) in [5.41, 5.74) is 6.06. The van der Waals surface area contributed by atoms with Crippen molar-refractivity contribution in [3.05, 3.63) is 90.0 Å². The van der Waals surface area contributed by atoms with Gasteiger partial charge in [-0.2, -0.15) is 13.2 Å². The molecule has 0 spiro atoms. The van der Waals surface area contributed by atoms with E-state index in [4.69, 9.17) is 5.73 Å². The second-order valence-corrected chi connectivity index (χ2v) is 7.37. The molecule has 0 bridgehead atoms. The summed E-state index contributed by atoms with van der Waals surface area (Å²) in [6.07, 6.45) is -5.22. The highest BCUT2D eigenvalue weighted by Gasteiger charge is 2.52. The van der Waals surface area contributed by atoms with Gasteiger partial charge in [0.1, 0.15) is 5.75 Å². The molecule has 0 aromatic heterocycles. The van der Waals surface area contributed by atoms with Gasteiger partial charge < -0.3 is 10.5 Å². The number of halogens is 3. The van der Waals surface area contributed by atoms with Crippen LogP contribution in [0.15, 0.2) is 83.9 Å². The van der Waals surface area contributed by atoms with Crippen LogP contribution in [0, 0.1) is 0 Å². The Hall–Kier alpha value is -4.14. The second-order valence-electron chi connectivity index (χ2n) is 7.37. The highest BCUT2D eigenvalue weighted by molar-refractivity contribution is 6.09. The Morgan fingerprint density at radius 3 is 2.24 bits per heavy atom. The highest BCUT2D eigenvalue weighted by atomic mass is 19.4. The molecule has 1 unspecified atom stereocenters. The van der Waals surface area contributed by atoms with Crippen molar-refractivity contribution in [1.29, 1.82) is 0 Å². The lowest BCUT2D eigenvalue weighted by Crippen LogP contribution is -2.41. The largest absolute Gasteiger partial charge is 0.491 e. The lowest BCUT2D eigenvalue weighted by Gasteiger charge is -2.28. The van der Waals surface area contributed by atoms with Crippen LogP contribution in [0.25, 0.3) is 11.1 Å². The van der Waals surface area contributed by atoms with Crippen LogP contribution in [0.5, 0.6) is 5.75 Å². The van der Waals surface area contributed by atoms with E-state index in [0.717, 1.165) is 16.0 Å². The third kappa shape index (κ3) is 3.82. The molecular weight excluding hydrogens is 435 g/mol. The van der Waals surface area contributed by atoms with Crippen molar-refractivity contribution >= 4 is 17.8 Å². The first kappa shape index (κ1) is 22.1. The molecule has 1 atom stereocenters. The molecule has 6 nitrogen and oxygen atoms in total. The quantitative estimate of drug-likeness (QED) is 0.480. The van der Waals surface area contributed by atoms with Crippen LogP contribution in [0.3, 0.4) is 0 Å². The number of guanidine groups is 1. The summed E-state index contributed by atoms with van der Waals surface area (Å²) in [5, 5.41) is 0. The molecule has 0 fully saturated rings. The fourth-order valence-corrected chi connectivity index (χ4v) is 3.73. The number of carbonyl (C=O) groups is 2. The SMILES string of the molecule is CN1C(=O)C(c2cccc(-c3ccccc3)c2)(c2ccccc2OC(=O)C(F)(F)F)N=C1N. The number of aliphatic imine (C=N–C) groups is 1. The van der Waals surface area contributed by atoms with E-state index in [2.05, 4.69) is 9.73 Å². The molecule has 1 heterocycles. The van der Waals surface area contributed by atoms with Crippen molar-refractivity contribution < 1.29 is 27.5 Å². The zero-order chi connectivity index (χ0) is 23.8. The van der Waals surface area contributed by atoms with Gasteiger partial charge in [0.05, 0.1) is 0 Å². The van der Waals surface area contributed by atoms with Gasteiger partial charge in [-0.25, -0.2) is 9.79 Å². The topological polar surface area (TPSA) is 85.0 Å². The van der Waals surface area contributed by atoms with Crippen molar-refractivity contribution in [3.8, 4) is 16.9 Å². The summed E-state index contributed by atoms with van der Waals surface area (Å²) >= 11 is 0. The van der Waals surface area contributed by atoms with E-state index >= 15 is 0 Å². The van der Waals surface area contributed by atoms with Gasteiger partial charge in [-0.3, -0.25) is 9.69 Å². The number of nitrogens with two attached hydrogens (primary N) is 1. The van der Waals surface area contributed by atoms with E-state index in [1.165, 1.54) is 31.3 Å². The van der Waals surface area contributed by atoms with Gasteiger partial charge in [0.2, 0.25) is 0 Å². The lowest BCUT2D eigenvalue weighted by molar-refractivity contribution is -0.189. The summed E-state index contributed by atoms with van der Waals surface area (Å²) in [6.45, 7) is 0. The number of esters is 1. The first-order valence-corrected chi connectivity index (χ1v) is 9.82. The zero-order valence-electron chi connectivity index (χ0n) is 17.3. The Bertz CT molecular complexity index is 1260. The number of nitrogens with zero attached hydrogens (tertiary/aromatic N) is 2. The molecule has 1 aliphatic rings. The summed E-state index contributed by atoms with van der Waals surface area (Å²) < 4.78 is 43.4. The smallest absolute Gasteiger partial charge is 0.419 e. The molecule has 2 N–H and O–H groups in total. The monoisotopic (exact) mass is 453 g/mol. The number of carbonyl (C=O) groups excluding carboxylic acids is 2.